The fourth-order valence-corrected chi connectivity index (χ4v) is 2.65. The summed E-state index contributed by atoms with van der Waals surface area (Å²) in [6, 6.07) is 8.62. The predicted molar refractivity (Wildman–Crippen MR) is 89.0 cm³/mol. The Balaban J connectivity index is 1.90. The van der Waals surface area contributed by atoms with Gasteiger partial charge in [0.15, 0.2) is 0 Å². The summed E-state index contributed by atoms with van der Waals surface area (Å²) in [6.45, 7) is 7.71. The number of hydrogen-bond acceptors (Lipinski definition) is 3. The van der Waals surface area contributed by atoms with Crippen molar-refractivity contribution in [1.29, 1.82) is 0 Å². The van der Waals surface area contributed by atoms with E-state index in [4.69, 9.17) is 0 Å². The molecule has 1 fully saturated rings. The van der Waals surface area contributed by atoms with Gasteiger partial charge in [-0.25, -0.2) is 0 Å². The molecule has 0 bridgehead atoms. The third kappa shape index (κ3) is 4.13. The van der Waals surface area contributed by atoms with E-state index in [0.717, 1.165) is 26.2 Å². The lowest BCUT2D eigenvalue weighted by atomic mass is 10.1. The van der Waals surface area contributed by atoms with E-state index in [1.165, 1.54) is 11.4 Å². The van der Waals surface area contributed by atoms with E-state index in [1.807, 2.05) is 19.0 Å². The van der Waals surface area contributed by atoms with Crippen molar-refractivity contribution >= 4 is 17.3 Å². The zero-order valence-corrected chi connectivity index (χ0v) is 13.7. The Hall–Kier alpha value is -1.71. The molecule has 0 aromatic heterocycles. The van der Waals surface area contributed by atoms with Crippen molar-refractivity contribution in [2.75, 3.05) is 50.1 Å². The summed E-state index contributed by atoms with van der Waals surface area (Å²) in [5, 5.41) is 0. The van der Waals surface area contributed by atoms with E-state index in [2.05, 4.69) is 47.9 Å². The molecule has 1 amide bonds. The van der Waals surface area contributed by atoms with Crippen LogP contribution < -0.4 is 9.80 Å². The van der Waals surface area contributed by atoms with Gasteiger partial charge in [0.2, 0.25) is 5.91 Å². The second-order valence-corrected chi connectivity index (χ2v) is 6.38. The molecule has 0 N–H and O–H groups in total. The number of carbonyl (C=O) groups is 1. The van der Waals surface area contributed by atoms with Gasteiger partial charge in [-0.15, -0.1) is 0 Å². The second-order valence-electron chi connectivity index (χ2n) is 6.38. The maximum Gasteiger partial charge on any atom is 0.222 e. The Labute approximate surface area is 128 Å². The molecule has 4 nitrogen and oxygen atoms in total. The normalized spacial score (nSPS) is 15.5. The summed E-state index contributed by atoms with van der Waals surface area (Å²) in [7, 11) is 4.10. The average molecular weight is 289 g/mol. The Morgan fingerprint density at radius 1 is 1.10 bits per heavy atom. The van der Waals surface area contributed by atoms with E-state index < -0.39 is 0 Å². The number of benzene rings is 1. The standard InChI is InChI=1S/C17H27N3O/c1-14(2)13-17(21)20-11-9-19(10-12-20)16-7-5-15(6-8-16)18(3)4/h5-8,14H,9-13H2,1-4H3. The molecule has 1 aliphatic rings. The summed E-state index contributed by atoms with van der Waals surface area (Å²) < 4.78 is 0. The smallest absolute Gasteiger partial charge is 0.222 e. The molecule has 0 aliphatic carbocycles. The first-order valence-electron chi connectivity index (χ1n) is 7.77. The number of hydrogen-bond donors (Lipinski definition) is 0. The van der Waals surface area contributed by atoms with Crippen LogP contribution in [0.1, 0.15) is 20.3 Å². The molecule has 1 saturated heterocycles. The minimum Gasteiger partial charge on any atom is -0.378 e. The van der Waals surface area contributed by atoms with E-state index in [1.54, 1.807) is 0 Å². The van der Waals surface area contributed by atoms with Gasteiger partial charge >= 0.3 is 0 Å². The van der Waals surface area contributed by atoms with Crippen LogP contribution in [0.25, 0.3) is 0 Å². The quantitative estimate of drug-likeness (QED) is 0.852. The topological polar surface area (TPSA) is 26.8 Å². The van der Waals surface area contributed by atoms with E-state index in [0.29, 0.717) is 18.2 Å². The molecular formula is C17H27N3O. The molecule has 2 rings (SSSR count). The Morgan fingerprint density at radius 2 is 1.67 bits per heavy atom. The van der Waals surface area contributed by atoms with Crippen LogP contribution in [0.15, 0.2) is 24.3 Å². The SMILES string of the molecule is CC(C)CC(=O)N1CCN(c2ccc(N(C)C)cc2)CC1. The van der Waals surface area contributed by atoms with Crippen LogP contribution in [-0.4, -0.2) is 51.1 Å². The molecule has 0 spiro atoms. The van der Waals surface area contributed by atoms with Gasteiger partial charge in [0.25, 0.3) is 0 Å². The van der Waals surface area contributed by atoms with Gasteiger partial charge < -0.3 is 14.7 Å². The molecule has 1 aliphatic heterocycles. The molecular weight excluding hydrogens is 262 g/mol. The maximum absolute atomic E-state index is 12.1. The average Bonchev–Trinajstić information content (AvgIpc) is 2.47. The summed E-state index contributed by atoms with van der Waals surface area (Å²) in [6.07, 6.45) is 0.664. The summed E-state index contributed by atoms with van der Waals surface area (Å²) in [5.74, 6) is 0.738. The van der Waals surface area contributed by atoms with Crippen LogP contribution in [-0.2, 0) is 4.79 Å². The van der Waals surface area contributed by atoms with Crippen molar-refractivity contribution in [3.63, 3.8) is 0 Å². The van der Waals surface area contributed by atoms with Crippen LogP contribution in [0.5, 0.6) is 0 Å². The maximum atomic E-state index is 12.1. The second kappa shape index (κ2) is 6.83. The van der Waals surface area contributed by atoms with Crippen molar-refractivity contribution in [3.05, 3.63) is 24.3 Å². The third-order valence-electron chi connectivity index (χ3n) is 3.95. The highest BCUT2D eigenvalue weighted by molar-refractivity contribution is 5.76. The van der Waals surface area contributed by atoms with Crippen molar-refractivity contribution in [2.45, 2.75) is 20.3 Å². The van der Waals surface area contributed by atoms with Crippen LogP contribution in [0.4, 0.5) is 11.4 Å². The minimum atomic E-state index is 0.299. The van der Waals surface area contributed by atoms with Gasteiger partial charge in [0.05, 0.1) is 0 Å². The fourth-order valence-electron chi connectivity index (χ4n) is 2.65. The van der Waals surface area contributed by atoms with Crippen molar-refractivity contribution < 1.29 is 4.79 Å². The Bertz CT molecular complexity index is 459. The summed E-state index contributed by atoms with van der Waals surface area (Å²) >= 11 is 0. The molecule has 21 heavy (non-hydrogen) atoms. The van der Waals surface area contributed by atoms with E-state index in [9.17, 15) is 4.79 Å². The fraction of sp³-hybridized carbons (Fsp3) is 0.588. The van der Waals surface area contributed by atoms with Crippen molar-refractivity contribution in [2.24, 2.45) is 5.92 Å². The van der Waals surface area contributed by atoms with E-state index >= 15 is 0 Å². The highest BCUT2D eigenvalue weighted by Gasteiger charge is 2.21. The van der Waals surface area contributed by atoms with Crippen molar-refractivity contribution in [1.82, 2.24) is 4.90 Å². The van der Waals surface area contributed by atoms with Crippen LogP contribution in [0.2, 0.25) is 0 Å². The lowest BCUT2D eigenvalue weighted by Crippen LogP contribution is -2.49. The first-order valence-corrected chi connectivity index (χ1v) is 7.77. The van der Waals surface area contributed by atoms with Crippen LogP contribution in [0.3, 0.4) is 0 Å². The molecule has 0 atom stereocenters. The van der Waals surface area contributed by atoms with Gasteiger partial charge in [-0.2, -0.15) is 0 Å². The van der Waals surface area contributed by atoms with E-state index in [-0.39, 0.29) is 0 Å². The number of carbonyl (C=O) groups excluding carboxylic acids is 1. The summed E-state index contributed by atoms with van der Waals surface area (Å²) in [4.78, 5) is 18.5. The monoisotopic (exact) mass is 289 g/mol. The number of nitrogens with zero attached hydrogens (tertiary/aromatic N) is 3. The molecule has 4 heteroatoms. The third-order valence-corrected chi connectivity index (χ3v) is 3.95. The number of anilines is 2. The number of amides is 1. The van der Waals surface area contributed by atoms with Gasteiger partial charge in [-0.3, -0.25) is 4.79 Å². The molecule has 0 radical (unpaired) electrons. The zero-order valence-electron chi connectivity index (χ0n) is 13.7. The molecule has 0 saturated carbocycles. The first kappa shape index (κ1) is 15.7. The first-order chi connectivity index (χ1) is 9.97. The summed E-state index contributed by atoms with van der Waals surface area (Å²) in [5.41, 5.74) is 2.46. The minimum absolute atomic E-state index is 0.299. The lowest BCUT2D eigenvalue weighted by Gasteiger charge is -2.36. The van der Waals surface area contributed by atoms with Crippen LogP contribution >= 0.6 is 0 Å². The van der Waals surface area contributed by atoms with Gasteiger partial charge in [0, 0.05) is 58.1 Å². The molecule has 1 heterocycles. The molecule has 116 valence electrons. The highest BCUT2D eigenvalue weighted by atomic mass is 16.2. The predicted octanol–water partition coefficient (Wildman–Crippen LogP) is 2.45. The van der Waals surface area contributed by atoms with Crippen LogP contribution in [0, 0.1) is 5.92 Å². The zero-order chi connectivity index (χ0) is 15.4. The highest BCUT2D eigenvalue weighted by Crippen LogP contribution is 2.21. The van der Waals surface area contributed by atoms with Crippen molar-refractivity contribution in [3.8, 4) is 0 Å². The van der Waals surface area contributed by atoms with Gasteiger partial charge in [-0.05, 0) is 30.2 Å². The number of piperazine rings is 1. The Kier molecular flexibility index (Phi) is 5.10. The molecule has 1 aromatic carbocycles. The largest absolute Gasteiger partial charge is 0.378 e. The van der Waals surface area contributed by atoms with Gasteiger partial charge in [-0.1, -0.05) is 13.8 Å². The Morgan fingerprint density at radius 3 is 2.14 bits per heavy atom. The number of rotatable bonds is 4. The molecule has 0 unspecified atom stereocenters. The molecule has 1 aromatic rings. The van der Waals surface area contributed by atoms with Gasteiger partial charge in [0.1, 0.15) is 0 Å². The lowest BCUT2D eigenvalue weighted by molar-refractivity contribution is -0.132.